The van der Waals surface area contributed by atoms with Gasteiger partial charge in [-0.15, -0.1) is 0 Å². The van der Waals surface area contributed by atoms with E-state index in [4.69, 9.17) is 5.73 Å². The van der Waals surface area contributed by atoms with Crippen molar-refractivity contribution in [2.45, 2.75) is 61.9 Å². The molecule has 3 aromatic rings. The van der Waals surface area contributed by atoms with E-state index in [-0.39, 0.29) is 29.3 Å². The van der Waals surface area contributed by atoms with Gasteiger partial charge in [-0.2, -0.15) is 4.31 Å². The number of hydrogen-bond donors (Lipinski definition) is 3. The van der Waals surface area contributed by atoms with Gasteiger partial charge in [0.15, 0.2) is 0 Å². The SMILES string of the molecule is C[C@@H]1CNC[C@H](CCc2c(F)cccc2N[C@H](C(N)=O)C(c2cccc(F)c2)c2cccc(F)c2)N1S(=O)(=O)C1CC1. The summed E-state index contributed by atoms with van der Waals surface area (Å²) < 4.78 is 72.0. The van der Waals surface area contributed by atoms with Gasteiger partial charge in [0.25, 0.3) is 0 Å². The monoisotopic (exact) mass is 600 g/mol. The number of nitrogens with one attached hydrogen (secondary N) is 2. The van der Waals surface area contributed by atoms with Crippen molar-refractivity contribution in [3.8, 4) is 0 Å². The van der Waals surface area contributed by atoms with Gasteiger partial charge in [-0.05, 0) is 80.1 Å². The molecule has 0 aromatic heterocycles. The molecule has 1 saturated carbocycles. The fourth-order valence-corrected chi connectivity index (χ4v) is 8.19. The number of anilines is 1. The number of nitrogens with two attached hydrogens (primary N) is 1. The molecular weight excluding hydrogens is 565 g/mol. The maximum atomic E-state index is 15.4. The maximum absolute atomic E-state index is 15.4. The molecule has 2 fully saturated rings. The first-order valence-corrected chi connectivity index (χ1v) is 15.6. The van der Waals surface area contributed by atoms with Gasteiger partial charge in [0.05, 0.1) is 5.25 Å². The van der Waals surface area contributed by atoms with Gasteiger partial charge < -0.3 is 16.4 Å². The highest BCUT2D eigenvalue weighted by Crippen LogP contribution is 2.36. The molecule has 2 aliphatic rings. The van der Waals surface area contributed by atoms with Crippen LogP contribution in [0, 0.1) is 17.5 Å². The summed E-state index contributed by atoms with van der Waals surface area (Å²) in [6.07, 6.45) is 1.83. The molecule has 0 unspecified atom stereocenters. The van der Waals surface area contributed by atoms with Crippen LogP contribution < -0.4 is 16.4 Å². The van der Waals surface area contributed by atoms with E-state index in [1.807, 2.05) is 6.92 Å². The molecule has 0 radical (unpaired) electrons. The molecule has 42 heavy (non-hydrogen) atoms. The maximum Gasteiger partial charge on any atom is 0.240 e. The van der Waals surface area contributed by atoms with E-state index < -0.39 is 45.3 Å². The molecule has 1 heterocycles. The van der Waals surface area contributed by atoms with Gasteiger partial charge in [0.1, 0.15) is 23.5 Å². The van der Waals surface area contributed by atoms with Crippen LogP contribution in [0.2, 0.25) is 0 Å². The molecule has 4 N–H and O–H groups in total. The smallest absolute Gasteiger partial charge is 0.240 e. The first kappa shape index (κ1) is 30.1. The minimum Gasteiger partial charge on any atom is -0.373 e. The van der Waals surface area contributed by atoms with E-state index in [2.05, 4.69) is 10.6 Å². The molecule has 3 aromatic carbocycles. The van der Waals surface area contributed by atoms with Crippen LogP contribution in [0.1, 0.15) is 48.8 Å². The molecule has 1 saturated heterocycles. The van der Waals surface area contributed by atoms with Gasteiger partial charge in [0, 0.05) is 42.3 Å². The molecule has 0 bridgehead atoms. The molecule has 7 nitrogen and oxygen atoms in total. The third-order valence-corrected chi connectivity index (χ3v) is 10.6. The van der Waals surface area contributed by atoms with Gasteiger partial charge in [-0.1, -0.05) is 30.3 Å². The number of rotatable bonds is 11. The Morgan fingerprint density at radius 2 is 1.62 bits per heavy atom. The number of carbonyl (C=O) groups excluding carboxylic acids is 1. The number of piperazine rings is 1. The van der Waals surface area contributed by atoms with E-state index in [0.717, 1.165) is 0 Å². The second kappa shape index (κ2) is 12.4. The number of sulfonamides is 1. The standard InChI is InChI=1S/C31H35F3N4O3S/c1-19-17-36-18-24(38(19)42(40,41)25-12-13-25)11-14-26-27(34)9-4-10-28(26)37-30(31(35)39)29(20-5-2-7-22(32)15-20)21-6-3-8-23(33)16-21/h2-10,15-16,19,24-25,29-30,36-37H,11-14,17-18H2,1H3,(H2,35,39)/t19-,24+,30+/m1/s1. The fourth-order valence-electron chi connectivity index (χ4n) is 5.95. The first-order valence-electron chi connectivity index (χ1n) is 14.1. The average molecular weight is 601 g/mol. The Morgan fingerprint density at radius 1 is 1.00 bits per heavy atom. The Morgan fingerprint density at radius 3 is 2.19 bits per heavy atom. The second-order valence-electron chi connectivity index (χ2n) is 11.2. The fraction of sp³-hybridized carbons (Fsp3) is 0.387. The van der Waals surface area contributed by atoms with Crippen LogP contribution in [0.25, 0.3) is 0 Å². The summed E-state index contributed by atoms with van der Waals surface area (Å²) in [6, 6.07) is 13.9. The van der Waals surface area contributed by atoms with Gasteiger partial charge in [0.2, 0.25) is 15.9 Å². The molecule has 11 heteroatoms. The summed E-state index contributed by atoms with van der Waals surface area (Å²) in [7, 11) is -3.46. The van der Waals surface area contributed by atoms with E-state index in [1.165, 1.54) is 48.5 Å². The number of nitrogens with zero attached hydrogens (tertiary/aromatic N) is 1. The van der Waals surface area contributed by atoms with E-state index >= 15 is 4.39 Å². The normalized spacial score (nSPS) is 20.4. The number of carbonyl (C=O) groups is 1. The van der Waals surface area contributed by atoms with E-state index in [9.17, 15) is 22.0 Å². The average Bonchev–Trinajstić information content (AvgIpc) is 3.79. The van der Waals surface area contributed by atoms with E-state index in [1.54, 1.807) is 22.5 Å². The quantitative estimate of drug-likeness (QED) is 0.305. The summed E-state index contributed by atoms with van der Waals surface area (Å²) in [5.41, 5.74) is 7.20. The highest BCUT2D eigenvalue weighted by molar-refractivity contribution is 7.90. The number of amides is 1. The number of hydrogen-bond acceptors (Lipinski definition) is 5. The first-order chi connectivity index (χ1) is 20.1. The lowest BCUT2D eigenvalue weighted by molar-refractivity contribution is -0.119. The van der Waals surface area contributed by atoms with Gasteiger partial charge in [-0.25, -0.2) is 21.6 Å². The van der Waals surface area contributed by atoms with Crippen LogP contribution in [0.4, 0.5) is 18.9 Å². The van der Waals surface area contributed by atoms with Crippen LogP contribution in [0.15, 0.2) is 66.7 Å². The Bertz CT molecular complexity index is 1500. The Kier molecular flexibility index (Phi) is 8.91. The summed E-state index contributed by atoms with van der Waals surface area (Å²) >= 11 is 0. The van der Waals surface area contributed by atoms with Crippen molar-refractivity contribution in [3.05, 3.63) is 101 Å². The second-order valence-corrected chi connectivity index (χ2v) is 13.3. The predicted octanol–water partition coefficient (Wildman–Crippen LogP) is 4.29. The third-order valence-electron chi connectivity index (χ3n) is 8.07. The van der Waals surface area contributed by atoms with Gasteiger partial charge >= 0.3 is 0 Å². The molecule has 1 aliphatic carbocycles. The zero-order valence-corrected chi connectivity index (χ0v) is 24.1. The highest BCUT2D eigenvalue weighted by atomic mass is 32.2. The summed E-state index contributed by atoms with van der Waals surface area (Å²) in [5.74, 6) is -3.29. The third kappa shape index (κ3) is 6.48. The molecular formula is C31H35F3N4O3S. The topological polar surface area (TPSA) is 105 Å². The minimum atomic E-state index is -3.46. The van der Waals surface area contributed by atoms with Crippen molar-refractivity contribution < 1.29 is 26.4 Å². The molecule has 5 rings (SSSR count). The van der Waals surface area contributed by atoms with Crippen LogP contribution in [0.3, 0.4) is 0 Å². The lowest BCUT2D eigenvalue weighted by Crippen LogP contribution is -2.59. The lowest BCUT2D eigenvalue weighted by atomic mass is 9.84. The Labute approximate surface area is 244 Å². The van der Waals surface area contributed by atoms with Crippen LogP contribution >= 0.6 is 0 Å². The zero-order chi connectivity index (χ0) is 30.0. The van der Waals surface area contributed by atoms with Crippen molar-refractivity contribution in [3.63, 3.8) is 0 Å². The highest BCUT2D eigenvalue weighted by Gasteiger charge is 2.45. The summed E-state index contributed by atoms with van der Waals surface area (Å²) in [6.45, 7) is 2.85. The van der Waals surface area contributed by atoms with Crippen molar-refractivity contribution in [1.29, 1.82) is 0 Å². The van der Waals surface area contributed by atoms with Crippen molar-refractivity contribution in [1.82, 2.24) is 9.62 Å². The number of primary amides is 1. The number of halogens is 3. The van der Waals surface area contributed by atoms with Crippen LogP contribution in [-0.2, 0) is 21.2 Å². The Balaban J connectivity index is 1.46. The predicted molar refractivity (Wildman–Crippen MR) is 156 cm³/mol. The van der Waals surface area contributed by atoms with Crippen molar-refractivity contribution >= 4 is 21.6 Å². The van der Waals surface area contributed by atoms with Crippen LogP contribution in [0.5, 0.6) is 0 Å². The molecule has 1 aliphatic heterocycles. The van der Waals surface area contributed by atoms with Gasteiger partial charge in [-0.3, -0.25) is 4.79 Å². The van der Waals surface area contributed by atoms with Crippen molar-refractivity contribution in [2.75, 3.05) is 18.4 Å². The molecule has 0 spiro atoms. The van der Waals surface area contributed by atoms with Crippen LogP contribution in [-0.4, -0.2) is 55.1 Å². The summed E-state index contributed by atoms with van der Waals surface area (Å²) in [4.78, 5) is 12.9. The van der Waals surface area contributed by atoms with Crippen molar-refractivity contribution in [2.24, 2.45) is 5.73 Å². The summed E-state index contributed by atoms with van der Waals surface area (Å²) in [5, 5.41) is 6.01. The lowest BCUT2D eigenvalue weighted by Gasteiger charge is -2.40. The Hall–Kier alpha value is -3.41. The molecule has 224 valence electrons. The largest absolute Gasteiger partial charge is 0.373 e. The number of benzene rings is 3. The molecule has 3 atom stereocenters. The zero-order valence-electron chi connectivity index (χ0n) is 23.3. The molecule has 1 amide bonds. The van der Waals surface area contributed by atoms with E-state index in [0.29, 0.717) is 49.2 Å². The minimum absolute atomic E-state index is 0.181.